The zero-order chi connectivity index (χ0) is 15.5. The van der Waals surface area contributed by atoms with Crippen LogP contribution >= 0.6 is 24.8 Å². The highest BCUT2D eigenvalue weighted by Crippen LogP contribution is 2.38. The molecule has 0 saturated carbocycles. The van der Waals surface area contributed by atoms with Crippen LogP contribution in [0.4, 0.5) is 17.6 Å². The average Bonchev–Trinajstić information content (AvgIpc) is 2.45. The minimum atomic E-state index is -4.64. The molecule has 1 saturated heterocycles. The van der Waals surface area contributed by atoms with Gasteiger partial charge in [-0.15, -0.1) is 24.8 Å². The van der Waals surface area contributed by atoms with Crippen LogP contribution < -0.4 is 5.32 Å². The van der Waals surface area contributed by atoms with Gasteiger partial charge in [-0.3, -0.25) is 4.90 Å². The first kappa shape index (κ1) is 21.9. The largest absolute Gasteiger partial charge is 0.416 e. The Hall–Kier alpha value is -1.07. The van der Waals surface area contributed by atoms with Crippen LogP contribution in [0.2, 0.25) is 0 Å². The van der Waals surface area contributed by atoms with Crippen molar-refractivity contribution in [2.75, 3.05) is 26.2 Å². The second-order valence-electron chi connectivity index (χ2n) is 4.89. The molecule has 23 heavy (non-hydrogen) atoms. The number of piperazine rings is 1. The number of benzene rings is 1. The first-order valence-corrected chi connectivity index (χ1v) is 6.62. The number of nitrogens with one attached hydrogen (secondary N) is 1. The number of halogens is 6. The molecule has 1 aliphatic heterocycles. The summed E-state index contributed by atoms with van der Waals surface area (Å²) in [6.07, 6.45) is -4.70. The van der Waals surface area contributed by atoms with Crippen molar-refractivity contribution in [3.05, 3.63) is 35.1 Å². The van der Waals surface area contributed by atoms with Crippen molar-refractivity contribution in [3.63, 3.8) is 0 Å². The van der Waals surface area contributed by atoms with Crippen molar-refractivity contribution in [2.45, 2.75) is 18.6 Å². The molecule has 130 valence electrons. The van der Waals surface area contributed by atoms with E-state index in [-0.39, 0.29) is 36.8 Å². The maximum Gasteiger partial charge on any atom is 0.416 e. The molecule has 0 bridgehead atoms. The van der Waals surface area contributed by atoms with E-state index in [4.69, 9.17) is 5.26 Å². The van der Waals surface area contributed by atoms with Crippen molar-refractivity contribution in [1.82, 2.24) is 10.2 Å². The molecule has 9 heteroatoms. The number of hydrogen-bond donors (Lipinski definition) is 1. The highest BCUT2D eigenvalue weighted by Gasteiger charge is 2.37. The van der Waals surface area contributed by atoms with Gasteiger partial charge < -0.3 is 5.32 Å². The highest BCUT2D eigenvalue weighted by molar-refractivity contribution is 5.85. The third kappa shape index (κ3) is 5.50. The minimum absolute atomic E-state index is 0. The molecule has 0 aromatic heterocycles. The van der Waals surface area contributed by atoms with Crippen molar-refractivity contribution in [3.8, 4) is 6.07 Å². The molecule has 0 aliphatic carbocycles. The molecule has 1 N–H and O–H groups in total. The third-order valence-electron chi connectivity index (χ3n) is 3.56. The number of nitriles is 1. The Kier molecular flexibility index (Phi) is 8.85. The molecule has 0 radical (unpaired) electrons. The third-order valence-corrected chi connectivity index (χ3v) is 3.56. The van der Waals surface area contributed by atoms with Gasteiger partial charge >= 0.3 is 6.18 Å². The summed E-state index contributed by atoms with van der Waals surface area (Å²) in [5, 5.41) is 12.0. The maximum atomic E-state index is 13.2. The van der Waals surface area contributed by atoms with E-state index in [9.17, 15) is 17.6 Å². The van der Waals surface area contributed by atoms with E-state index in [0.717, 1.165) is 12.1 Å². The van der Waals surface area contributed by atoms with Gasteiger partial charge in [-0.25, -0.2) is 4.39 Å². The quantitative estimate of drug-likeness (QED) is 0.823. The topological polar surface area (TPSA) is 39.1 Å². The van der Waals surface area contributed by atoms with E-state index in [0.29, 0.717) is 32.2 Å². The maximum absolute atomic E-state index is 13.2. The summed E-state index contributed by atoms with van der Waals surface area (Å²) in [5.74, 6) is -0.929. The lowest BCUT2D eigenvalue weighted by Gasteiger charge is -2.35. The number of nitrogens with zero attached hydrogens (tertiary/aromatic N) is 2. The fraction of sp³-hybridized carbons (Fsp3) is 0.500. The van der Waals surface area contributed by atoms with Crippen molar-refractivity contribution < 1.29 is 17.6 Å². The molecular formula is C14H17Cl2F4N3. The molecule has 1 aromatic rings. The number of rotatable bonds is 3. The summed E-state index contributed by atoms with van der Waals surface area (Å²) in [6, 6.07) is 3.92. The lowest BCUT2D eigenvalue weighted by molar-refractivity contribution is -0.139. The first-order chi connectivity index (χ1) is 9.93. The molecule has 1 fully saturated rings. The molecule has 0 unspecified atom stereocenters. The number of hydrogen-bond acceptors (Lipinski definition) is 3. The second-order valence-corrected chi connectivity index (χ2v) is 4.89. The van der Waals surface area contributed by atoms with Gasteiger partial charge in [-0.1, -0.05) is 6.07 Å². The summed E-state index contributed by atoms with van der Waals surface area (Å²) in [7, 11) is 0. The van der Waals surface area contributed by atoms with Gasteiger partial charge in [0.25, 0.3) is 0 Å². The van der Waals surface area contributed by atoms with Crippen LogP contribution in [0.3, 0.4) is 0 Å². The second kappa shape index (κ2) is 9.28. The zero-order valence-electron chi connectivity index (χ0n) is 12.1. The fourth-order valence-electron chi connectivity index (χ4n) is 2.58. The molecule has 0 spiro atoms. The molecule has 1 aromatic carbocycles. The molecule has 0 amide bonds. The summed E-state index contributed by atoms with van der Waals surface area (Å²) in [5.41, 5.74) is -1.03. The van der Waals surface area contributed by atoms with Gasteiger partial charge in [0.05, 0.1) is 18.1 Å². The van der Waals surface area contributed by atoms with E-state index in [1.54, 1.807) is 0 Å². The van der Waals surface area contributed by atoms with Gasteiger partial charge in [0.1, 0.15) is 5.82 Å². The van der Waals surface area contributed by atoms with E-state index in [1.807, 2.05) is 11.0 Å². The van der Waals surface area contributed by atoms with Gasteiger partial charge in [0, 0.05) is 32.2 Å². The average molecular weight is 374 g/mol. The normalized spacial score (nSPS) is 16.7. The van der Waals surface area contributed by atoms with Crippen LogP contribution in [-0.2, 0) is 6.18 Å². The van der Waals surface area contributed by atoms with Crippen LogP contribution in [0.25, 0.3) is 0 Å². The zero-order valence-corrected chi connectivity index (χ0v) is 13.7. The van der Waals surface area contributed by atoms with E-state index >= 15 is 0 Å². The molecule has 1 aliphatic rings. The van der Waals surface area contributed by atoms with Crippen molar-refractivity contribution >= 4 is 24.8 Å². The Morgan fingerprint density at radius 1 is 1.22 bits per heavy atom. The predicted molar refractivity (Wildman–Crippen MR) is 83.3 cm³/mol. The first-order valence-electron chi connectivity index (χ1n) is 6.62. The highest BCUT2D eigenvalue weighted by atomic mass is 35.5. The van der Waals surface area contributed by atoms with Crippen molar-refractivity contribution in [1.29, 1.82) is 5.26 Å². The van der Waals surface area contributed by atoms with Crippen LogP contribution in [0.1, 0.15) is 23.6 Å². The minimum Gasteiger partial charge on any atom is -0.314 e. The van der Waals surface area contributed by atoms with Crippen LogP contribution in [0, 0.1) is 17.1 Å². The van der Waals surface area contributed by atoms with Gasteiger partial charge in [-0.05, 0) is 17.7 Å². The molecule has 1 heterocycles. The Labute approximate surface area is 144 Å². The van der Waals surface area contributed by atoms with E-state index in [2.05, 4.69) is 5.32 Å². The molecule has 3 nitrogen and oxygen atoms in total. The Balaban J connectivity index is 0.00000242. The lowest BCUT2D eigenvalue weighted by atomic mass is 9.96. The molecule has 1 atom stereocenters. The molecular weight excluding hydrogens is 357 g/mol. The summed E-state index contributed by atoms with van der Waals surface area (Å²) < 4.78 is 52.5. The lowest BCUT2D eigenvalue weighted by Crippen LogP contribution is -2.45. The number of alkyl halides is 3. The van der Waals surface area contributed by atoms with Gasteiger partial charge in [0.2, 0.25) is 0 Å². The Morgan fingerprint density at radius 2 is 1.83 bits per heavy atom. The van der Waals surface area contributed by atoms with Gasteiger partial charge in [0.15, 0.2) is 0 Å². The van der Waals surface area contributed by atoms with Gasteiger partial charge in [-0.2, -0.15) is 18.4 Å². The van der Waals surface area contributed by atoms with E-state index < -0.39 is 23.6 Å². The van der Waals surface area contributed by atoms with E-state index in [1.165, 1.54) is 0 Å². The predicted octanol–water partition coefficient (Wildman–Crippen LogP) is 3.55. The summed E-state index contributed by atoms with van der Waals surface area (Å²) >= 11 is 0. The summed E-state index contributed by atoms with van der Waals surface area (Å²) in [6.45, 7) is 2.43. The monoisotopic (exact) mass is 373 g/mol. The van der Waals surface area contributed by atoms with Crippen LogP contribution in [0.5, 0.6) is 0 Å². The smallest absolute Gasteiger partial charge is 0.314 e. The summed E-state index contributed by atoms with van der Waals surface area (Å²) in [4.78, 5) is 1.84. The fourth-order valence-corrected chi connectivity index (χ4v) is 2.58. The molecule has 2 rings (SSSR count). The van der Waals surface area contributed by atoms with Crippen molar-refractivity contribution in [2.24, 2.45) is 0 Å². The standard InChI is InChI=1S/C14H15F4N3.2ClH/c15-10-1-2-11(12(9-10)14(16,17)18)13(3-4-19)21-7-5-20-6-8-21;;/h1-2,9,13,20H,3,5-8H2;2*1H/t13-;;/m0../s1. The Morgan fingerprint density at radius 3 is 2.35 bits per heavy atom. The Bertz CT molecular complexity index is 540. The SMILES string of the molecule is Cl.Cl.N#CC[C@@H](c1ccc(F)cc1C(F)(F)F)N1CCNCC1. The van der Waals surface area contributed by atoms with Crippen LogP contribution in [-0.4, -0.2) is 31.1 Å². The van der Waals surface area contributed by atoms with Crippen LogP contribution in [0.15, 0.2) is 18.2 Å².